The molecule has 0 saturated heterocycles. The number of ether oxygens (including phenoxy) is 3. The predicted molar refractivity (Wildman–Crippen MR) is 116 cm³/mol. The molecule has 0 amide bonds. The Hall–Kier alpha value is -4.38. The molecule has 0 atom stereocenters. The van der Waals surface area contributed by atoms with Gasteiger partial charge in [-0.05, 0) is 30.3 Å². The second kappa shape index (κ2) is 8.97. The first-order chi connectivity index (χ1) is 15.2. The lowest BCUT2D eigenvalue weighted by Gasteiger charge is -2.14. The van der Waals surface area contributed by atoms with Gasteiger partial charge < -0.3 is 19.5 Å². The summed E-state index contributed by atoms with van der Waals surface area (Å²) in [4.78, 5) is 12.7. The first-order valence-corrected chi connectivity index (χ1v) is 9.42. The Morgan fingerprint density at radius 2 is 1.94 bits per heavy atom. The lowest BCUT2D eigenvalue weighted by molar-refractivity contribution is 0.284. The Morgan fingerprint density at radius 3 is 2.68 bits per heavy atom. The molecular formula is C23H19N5O3. The smallest absolute Gasteiger partial charge is 0.232 e. The van der Waals surface area contributed by atoms with Gasteiger partial charge in [0.15, 0.2) is 11.5 Å². The second-order valence-corrected chi connectivity index (χ2v) is 6.52. The van der Waals surface area contributed by atoms with Gasteiger partial charge in [0.1, 0.15) is 23.8 Å². The van der Waals surface area contributed by atoms with Crippen LogP contribution in [0.25, 0.3) is 11.0 Å². The lowest BCUT2D eigenvalue weighted by Crippen LogP contribution is -2.00. The van der Waals surface area contributed by atoms with Gasteiger partial charge in [0.05, 0.1) is 31.6 Å². The second-order valence-electron chi connectivity index (χ2n) is 6.52. The summed E-state index contributed by atoms with van der Waals surface area (Å²) in [5.74, 6) is 1.51. The van der Waals surface area contributed by atoms with E-state index >= 15 is 0 Å². The van der Waals surface area contributed by atoms with Crippen LogP contribution in [0.2, 0.25) is 0 Å². The SMILES string of the molecule is COc1cnc2ccc(Nc3ccc(OCc4cccnc4)c(OC)c3)c(C#N)c2n1. The summed E-state index contributed by atoms with van der Waals surface area (Å²) in [6.45, 7) is 0.376. The largest absolute Gasteiger partial charge is 0.493 e. The number of fused-ring (bicyclic) bond motifs is 1. The summed E-state index contributed by atoms with van der Waals surface area (Å²) in [5.41, 5.74) is 3.74. The first-order valence-electron chi connectivity index (χ1n) is 9.42. The van der Waals surface area contributed by atoms with Crippen molar-refractivity contribution in [3.8, 4) is 23.4 Å². The molecule has 2 heterocycles. The highest BCUT2D eigenvalue weighted by Gasteiger charge is 2.13. The number of anilines is 2. The molecular weight excluding hydrogens is 394 g/mol. The van der Waals surface area contributed by atoms with Crippen molar-refractivity contribution in [2.75, 3.05) is 19.5 Å². The Bertz CT molecular complexity index is 1260. The zero-order valence-electron chi connectivity index (χ0n) is 17.0. The molecule has 0 aliphatic rings. The molecule has 154 valence electrons. The first kappa shape index (κ1) is 19.9. The maximum Gasteiger partial charge on any atom is 0.232 e. The van der Waals surface area contributed by atoms with Gasteiger partial charge in [0, 0.05) is 29.7 Å². The topological polar surface area (TPSA) is 102 Å². The summed E-state index contributed by atoms with van der Waals surface area (Å²) in [5, 5.41) is 13.0. The highest BCUT2D eigenvalue weighted by atomic mass is 16.5. The molecule has 0 fully saturated rings. The number of aromatic nitrogens is 3. The zero-order valence-corrected chi connectivity index (χ0v) is 17.0. The van der Waals surface area contributed by atoms with Crippen LogP contribution in [-0.2, 0) is 6.61 Å². The third-order valence-electron chi connectivity index (χ3n) is 4.57. The van der Waals surface area contributed by atoms with E-state index in [1.807, 2.05) is 24.3 Å². The van der Waals surface area contributed by atoms with Gasteiger partial charge in [-0.3, -0.25) is 4.98 Å². The van der Waals surface area contributed by atoms with Crippen LogP contribution in [0.1, 0.15) is 11.1 Å². The van der Waals surface area contributed by atoms with Crippen LogP contribution in [0.4, 0.5) is 11.4 Å². The Kier molecular flexibility index (Phi) is 5.76. The van der Waals surface area contributed by atoms with Gasteiger partial charge in [0.25, 0.3) is 0 Å². The maximum absolute atomic E-state index is 9.73. The number of pyridine rings is 1. The molecule has 0 saturated carbocycles. The number of methoxy groups -OCH3 is 2. The highest BCUT2D eigenvalue weighted by molar-refractivity contribution is 5.88. The summed E-state index contributed by atoms with van der Waals surface area (Å²) in [6, 6.07) is 15.1. The van der Waals surface area contributed by atoms with E-state index in [0.717, 1.165) is 11.3 Å². The van der Waals surface area contributed by atoms with Gasteiger partial charge in [-0.2, -0.15) is 5.26 Å². The molecule has 0 aliphatic heterocycles. The van der Waals surface area contributed by atoms with Crippen molar-refractivity contribution < 1.29 is 14.2 Å². The number of nitrogens with zero attached hydrogens (tertiary/aromatic N) is 4. The molecule has 31 heavy (non-hydrogen) atoms. The minimum atomic E-state index is 0.345. The van der Waals surface area contributed by atoms with E-state index in [4.69, 9.17) is 14.2 Å². The fourth-order valence-electron chi connectivity index (χ4n) is 3.04. The van der Waals surface area contributed by atoms with Crippen LogP contribution >= 0.6 is 0 Å². The monoisotopic (exact) mass is 413 g/mol. The summed E-state index contributed by atoms with van der Waals surface area (Å²) in [6.07, 6.45) is 4.99. The van der Waals surface area contributed by atoms with E-state index in [9.17, 15) is 5.26 Å². The third-order valence-corrected chi connectivity index (χ3v) is 4.57. The van der Waals surface area contributed by atoms with Crippen LogP contribution in [0.5, 0.6) is 17.4 Å². The summed E-state index contributed by atoms with van der Waals surface area (Å²) >= 11 is 0. The van der Waals surface area contributed by atoms with Gasteiger partial charge in [-0.1, -0.05) is 6.07 Å². The van der Waals surface area contributed by atoms with Crippen LogP contribution in [-0.4, -0.2) is 29.2 Å². The van der Waals surface area contributed by atoms with E-state index in [0.29, 0.717) is 46.3 Å². The van der Waals surface area contributed by atoms with Gasteiger partial charge in [-0.25, -0.2) is 9.97 Å². The van der Waals surface area contributed by atoms with Crippen molar-refractivity contribution in [2.24, 2.45) is 0 Å². The van der Waals surface area contributed by atoms with Crippen LogP contribution < -0.4 is 19.5 Å². The van der Waals surface area contributed by atoms with Crippen molar-refractivity contribution in [3.63, 3.8) is 0 Å². The summed E-state index contributed by atoms with van der Waals surface area (Å²) in [7, 11) is 3.09. The number of nitriles is 1. The number of hydrogen-bond donors (Lipinski definition) is 1. The standard InChI is InChI=1S/C23H19N5O3/c1-29-21-10-16(5-8-20(21)31-14-15-4-3-9-25-12-15)27-18-6-7-19-23(17(18)11-24)28-22(30-2)13-26-19/h3-10,12-13,27H,14H2,1-2H3. The average molecular weight is 413 g/mol. The van der Waals surface area contributed by atoms with E-state index < -0.39 is 0 Å². The molecule has 1 N–H and O–H groups in total. The third kappa shape index (κ3) is 4.31. The van der Waals surface area contributed by atoms with Crippen LogP contribution in [0, 0.1) is 11.3 Å². The molecule has 0 spiro atoms. The highest BCUT2D eigenvalue weighted by Crippen LogP contribution is 2.33. The summed E-state index contributed by atoms with van der Waals surface area (Å²) < 4.78 is 16.5. The minimum Gasteiger partial charge on any atom is -0.493 e. The molecule has 2 aromatic carbocycles. The van der Waals surface area contributed by atoms with Crippen molar-refractivity contribution in [3.05, 3.63) is 72.2 Å². The molecule has 0 aliphatic carbocycles. The number of benzene rings is 2. The van der Waals surface area contributed by atoms with Crippen molar-refractivity contribution >= 4 is 22.4 Å². The van der Waals surface area contributed by atoms with E-state index in [2.05, 4.69) is 26.3 Å². The van der Waals surface area contributed by atoms with E-state index in [1.165, 1.54) is 13.3 Å². The molecule has 8 nitrogen and oxygen atoms in total. The lowest BCUT2D eigenvalue weighted by atomic mass is 10.1. The van der Waals surface area contributed by atoms with Crippen molar-refractivity contribution in [2.45, 2.75) is 6.61 Å². The van der Waals surface area contributed by atoms with E-state index in [-0.39, 0.29) is 0 Å². The maximum atomic E-state index is 9.73. The van der Waals surface area contributed by atoms with Crippen LogP contribution in [0.3, 0.4) is 0 Å². The molecule has 0 radical (unpaired) electrons. The molecule has 0 unspecified atom stereocenters. The molecule has 4 aromatic rings. The fourth-order valence-corrected chi connectivity index (χ4v) is 3.04. The van der Waals surface area contributed by atoms with Crippen LogP contribution in [0.15, 0.2) is 61.1 Å². The number of rotatable bonds is 7. The molecule has 8 heteroatoms. The molecule has 4 rings (SSSR count). The Labute approximate surface area is 179 Å². The minimum absolute atomic E-state index is 0.345. The zero-order chi connectivity index (χ0) is 21.6. The Morgan fingerprint density at radius 1 is 1.03 bits per heavy atom. The molecule has 0 bridgehead atoms. The van der Waals surface area contributed by atoms with Gasteiger partial charge in [0.2, 0.25) is 5.88 Å². The predicted octanol–water partition coefficient (Wildman–Crippen LogP) is 4.24. The van der Waals surface area contributed by atoms with Crippen molar-refractivity contribution in [1.82, 2.24) is 15.0 Å². The van der Waals surface area contributed by atoms with E-state index in [1.54, 1.807) is 37.7 Å². The van der Waals surface area contributed by atoms with Gasteiger partial charge in [-0.15, -0.1) is 0 Å². The number of nitrogens with one attached hydrogen (secondary N) is 1. The Balaban J connectivity index is 1.60. The van der Waals surface area contributed by atoms with Gasteiger partial charge >= 0.3 is 0 Å². The van der Waals surface area contributed by atoms with Crippen molar-refractivity contribution in [1.29, 1.82) is 5.26 Å². The average Bonchev–Trinajstić information content (AvgIpc) is 2.83. The molecule has 2 aromatic heterocycles. The normalized spacial score (nSPS) is 10.4. The fraction of sp³-hybridized carbons (Fsp3) is 0.130. The quantitative estimate of drug-likeness (QED) is 0.480. The number of hydrogen-bond acceptors (Lipinski definition) is 8.